The SMILES string of the molecule is CC(CO)CCCNCc1ccc(Cl)c(F)c1. The van der Waals surface area contributed by atoms with Crippen LogP contribution in [0.5, 0.6) is 0 Å². The molecule has 1 aromatic rings. The molecular formula is C13H19ClFNO. The molecule has 0 fully saturated rings. The number of aliphatic hydroxyl groups is 1. The molecule has 1 rings (SSSR count). The molecule has 0 spiro atoms. The molecule has 1 unspecified atom stereocenters. The average Bonchev–Trinajstić information content (AvgIpc) is 2.33. The predicted molar refractivity (Wildman–Crippen MR) is 68.6 cm³/mol. The molecule has 0 saturated carbocycles. The van der Waals surface area contributed by atoms with E-state index in [1.54, 1.807) is 6.07 Å². The molecule has 0 radical (unpaired) electrons. The van der Waals surface area contributed by atoms with Gasteiger partial charge in [0, 0.05) is 13.2 Å². The number of rotatable bonds is 7. The average molecular weight is 260 g/mol. The van der Waals surface area contributed by atoms with E-state index < -0.39 is 0 Å². The maximum atomic E-state index is 13.1. The van der Waals surface area contributed by atoms with Crippen molar-refractivity contribution >= 4 is 11.6 Å². The maximum Gasteiger partial charge on any atom is 0.142 e. The van der Waals surface area contributed by atoms with Crippen molar-refractivity contribution in [2.45, 2.75) is 26.3 Å². The summed E-state index contributed by atoms with van der Waals surface area (Å²) in [4.78, 5) is 0. The number of halogens is 2. The van der Waals surface area contributed by atoms with Gasteiger partial charge >= 0.3 is 0 Å². The lowest BCUT2D eigenvalue weighted by molar-refractivity contribution is 0.228. The van der Waals surface area contributed by atoms with Gasteiger partial charge in [-0.05, 0) is 43.0 Å². The van der Waals surface area contributed by atoms with Gasteiger partial charge in [-0.2, -0.15) is 0 Å². The fourth-order valence-electron chi connectivity index (χ4n) is 1.55. The van der Waals surface area contributed by atoms with Crippen molar-refractivity contribution in [1.82, 2.24) is 5.32 Å². The minimum Gasteiger partial charge on any atom is -0.396 e. The summed E-state index contributed by atoms with van der Waals surface area (Å²) in [7, 11) is 0. The van der Waals surface area contributed by atoms with Crippen molar-refractivity contribution in [1.29, 1.82) is 0 Å². The first-order chi connectivity index (χ1) is 8.13. The van der Waals surface area contributed by atoms with Gasteiger partial charge in [-0.3, -0.25) is 0 Å². The Morgan fingerprint density at radius 1 is 1.47 bits per heavy atom. The van der Waals surface area contributed by atoms with Crippen LogP contribution in [0.25, 0.3) is 0 Å². The number of hydrogen-bond acceptors (Lipinski definition) is 2. The maximum absolute atomic E-state index is 13.1. The second kappa shape index (κ2) is 7.64. The zero-order valence-electron chi connectivity index (χ0n) is 10.0. The van der Waals surface area contributed by atoms with Crippen molar-refractivity contribution in [2.75, 3.05) is 13.2 Å². The van der Waals surface area contributed by atoms with Crippen LogP contribution in [0, 0.1) is 11.7 Å². The molecule has 1 atom stereocenters. The lowest BCUT2D eigenvalue weighted by Crippen LogP contribution is -2.16. The Bertz CT molecular complexity index is 346. The van der Waals surface area contributed by atoms with Crippen LogP contribution < -0.4 is 5.32 Å². The van der Waals surface area contributed by atoms with Gasteiger partial charge in [0.1, 0.15) is 5.82 Å². The second-order valence-corrected chi connectivity index (χ2v) is 4.76. The highest BCUT2D eigenvalue weighted by Crippen LogP contribution is 2.15. The quantitative estimate of drug-likeness (QED) is 0.738. The highest BCUT2D eigenvalue weighted by Gasteiger charge is 2.01. The van der Waals surface area contributed by atoms with Crippen molar-refractivity contribution < 1.29 is 9.50 Å². The number of benzene rings is 1. The number of nitrogens with one attached hydrogen (secondary N) is 1. The second-order valence-electron chi connectivity index (χ2n) is 4.36. The summed E-state index contributed by atoms with van der Waals surface area (Å²) in [5.41, 5.74) is 0.891. The van der Waals surface area contributed by atoms with Crippen LogP contribution in [-0.2, 0) is 6.54 Å². The zero-order valence-corrected chi connectivity index (χ0v) is 10.8. The van der Waals surface area contributed by atoms with Gasteiger partial charge in [0.15, 0.2) is 0 Å². The Labute approximate surface area is 107 Å². The summed E-state index contributed by atoms with van der Waals surface area (Å²) in [6.07, 6.45) is 2.01. The minimum absolute atomic E-state index is 0.158. The largest absolute Gasteiger partial charge is 0.396 e. The fourth-order valence-corrected chi connectivity index (χ4v) is 1.67. The molecule has 0 aromatic heterocycles. The van der Waals surface area contributed by atoms with Crippen LogP contribution in [0.1, 0.15) is 25.3 Å². The Morgan fingerprint density at radius 3 is 2.88 bits per heavy atom. The summed E-state index contributed by atoms with van der Waals surface area (Å²) in [5.74, 6) is -0.0235. The van der Waals surface area contributed by atoms with Crippen LogP contribution in [0.2, 0.25) is 5.02 Å². The van der Waals surface area contributed by atoms with E-state index in [1.807, 2.05) is 13.0 Å². The Kier molecular flexibility index (Phi) is 6.48. The van der Waals surface area contributed by atoms with Gasteiger partial charge in [-0.25, -0.2) is 4.39 Å². The van der Waals surface area contributed by atoms with Crippen molar-refractivity contribution in [3.05, 3.63) is 34.6 Å². The summed E-state index contributed by atoms with van der Waals surface area (Å²) in [5, 5.41) is 12.2. The lowest BCUT2D eigenvalue weighted by Gasteiger charge is -2.08. The van der Waals surface area contributed by atoms with Crippen molar-refractivity contribution in [2.24, 2.45) is 5.92 Å². The normalized spacial score (nSPS) is 12.7. The molecule has 0 amide bonds. The van der Waals surface area contributed by atoms with Gasteiger partial charge in [-0.1, -0.05) is 24.6 Å². The molecule has 17 heavy (non-hydrogen) atoms. The third-order valence-electron chi connectivity index (χ3n) is 2.68. The molecule has 0 bridgehead atoms. The first-order valence-electron chi connectivity index (χ1n) is 5.89. The molecule has 1 aromatic carbocycles. The van der Waals surface area contributed by atoms with E-state index >= 15 is 0 Å². The van der Waals surface area contributed by atoms with E-state index in [1.165, 1.54) is 6.07 Å². The van der Waals surface area contributed by atoms with Crippen LogP contribution in [-0.4, -0.2) is 18.3 Å². The molecule has 0 aliphatic rings. The van der Waals surface area contributed by atoms with E-state index in [0.717, 1.165) is 24.9 Å². The van der Waals surface area contributed by atoms with Crippen LogP contribution in [0.15, 0.2) is 18.2 Å². The topological polar surface area (TPSA) is 32.3 Å². The number of aliphatic hydroxyl groups excluding tert-OH is 1. The standard InChI is InChI=1S/C13H19ClFNO/c1-10(9-17)3-2-6-16-8-11-4-5-12(14)13(15)7-11/h4-5,7,10,16-17H,2-3,6,8-9H2,1H3. The van der Waals surface area contributed by atoms with Crippen LogP contribution in [0.4, 0.5) is 4.39 Å². The van der Waals surface area contributed by atoms with Gasteiger partial charge in [0.2, 0.25) is 0 Å². The van der Waals surface area contributed by atoms with E-state index in [0.29, 0.717) is 12.5 Å². The first-order valence-corrected chi connectivity index (χ1v) is 6.26. The molecule has 2 N–H and O–H groups in total. The molecule has 0 heterocycles. The highest BCUT2D eigenvalue weighted by molar-refractivity contribution is 6.30. The Balaban J connectivity index is 2.20. The summed E-state index contributed by atoms with van der Waals surface area (Å²) in [6, 6.07) is 4.84. The summed E-state index contributed by atoms with van der Waals surface area (Å²) < 4.78 is 13.1. The van der Waals surface area contributed by atoms with Gasteiger partial charge in [0.25, 0.3) is 0 Å². The van der Waals surface area contributed by atoms with Gasteiger partial charge < -0.3 is 10.4 Å². The molecule has 4 heteroatoms. The summed E-state index contributed by atoms with van der Waals surface area (Å²) in [6.45, 7) is 3.77. The Hall–Kier alpha value is -0.640. The lowest BCUT2D eigenvalue weighted by atomic mass is 10.1. The molecule has 96 valence electrons. The summed E-state index contributed by atoms with van der Waals surface area (Å²) >= 11 is 5.60. The van der Waals surface area contributed by atoms with Gasteiger partial charge in [0.05, 0.1) is 5.02 Å². The third-order valence-corrected chi connectivity index (χ3v) is 2.98. The molecule has 0 aliphatic carbocycles. The van der Waals surface area contributed by atoms with Crippen LogP contribution >= 0.6 is 11.6 Å². The first kappa shape index (κ1) is 14.4. The molecule has 0 saturated heterocycles. The third kappa shape index (κ3) is 5.48. The van der Waals surface area contributed by atoms with E-state index in [2.05, 4.69) is 5.32 Å². The molecular weight excluding hydrogens is 241 g/mol. The Morgan fingerprint density at radius 2 is 2.24 bits per heavy atom. The van der Waals surface area contributed by atoms with E-state index in [9.17, 15) is 4.39 Å². The molecule has 0 aliphatic heterocycles. The van der Waals surface area contributed by atoms with Gasteiger partial charge in [-0.15, -0.1) is 0 Å². The smallest absolute Gasteiger partial charge is 0.142 e. The van der Waals surface area contributed by atoms with Crippen molar-refractivity contribution in [3.8, 4) is 0 Å². The van der Waals surface area contributed by atoms with E-state index in [4.69, 9.17) is 16.7 Å². The zero-order chi connectivity index (χ0) is 12.7. The molecule has 2 nitrogen and oxygen atoms in total. The minimum atomic E-state index is -0.375. The monoisotopic (exact) mass is 259 g/mol. The predicted octanol–water partition coefficient (Wildman–Crippen LogP) is 2.98. The highest BCUT2D eigenvalue weighted by atomic mass is 35.5. The number of hydrogen-bond donors (Lipinski definition) is 2. The van der Waals surface area contributed by atoms with Crippen LogP contribution in [0.3, 0.4) is 0 Å². The van der Waals surface area contributed by atoms with Crippen molar-refractivity contribution in [3.63, 3.8) is 0 Å². The fraction of sp³-hybridized carbons (Fsp3) is 0.538. The van der Waals surface area contributed by atoms with E-state index in [-0.39, 0.29) is 17.4 Å².